The minimum absolute atomic E-state index is 0.561. The molecule has 23 heavy (non-hydrogen) atoms. The van der Waals surface area contributed by atoms with E-state index in [1.165, 1.54) is 41.3 Å². The molecule has 2 unspecified atom stereocenters. The maximum absolute atomic E-state index is 4.47. The lowest BCUT2D eigenvalue weighted by Crippen LogP contribution is -2.46. The largest absolute Gasteiger partial charge is 0.356 e. The number of thioether (sulfide) groups is 1. The SMILES string of the molecule is CCSC1CCCC(NC(=NC)NCCc2ncc(CC)s2)C1. The standard InChI is InChI=1S/C17H30N4S2/c1-4-14-12-20-16(23-14)9-10-19-17(18-3)21-13-7-6-8-15(11-13)22-5-2/h12-13,15H,4-11H2,1-3H3,(H2,18,19,21). The molecule has 0 aliphatic heterocycles. The summed E-state index contributed by atoms with van der Waals surface area (Å²) in [4.78, 5) is 10.2. The Morgan fingerprint density at radius 3 is 3.00 bits per heavy atom. The molecule has 4 nitrogen and oxygen atoms in total. The van der Waals surface area contributed by atoms with Crippen LogP contribution in [0.2, 0.25) is 0 Å². The molecule has 2 N–H and O–H groups in total. The van der Waals surface area contributed by atoms with Gasteiger partial charge in [-0.05, 0) is 31.4 Å². The van der Waals surface area contributed by atoms with Crippen molar-refractivity contribution in [3.05, 3.63) is 16.1 Å². The molecule has 130 valence electrons. The minimum Gasteiger partial charge on any atom is -0.356 e. The normalized spacial score (nSPS) is 22.1. The number of thiazole rings is 1. The summed E-state index contributed by atoms with van der Waals surface area (Å²) in [6, 6.07) is 0.561. The first-order valence-electron chi connectivity index (χ1n) is 8.77. The Bertz CT molecular complexity index is 485. The molecule has 0 radical (unpaired) electrons. The Morgan fingerprint density at radius 2 is 2.30 bits per heavy atom. The summed E-state index contributed by atoms with van der Waals surface area (Å²) < 4.78 is 0. The molecule has 1 aliphatic rings. The fourth-order valence-electron chi connectivity index (χ4n) is 2.97. The van der Waals surface area contributed by atoms with Gasteiger partial charge in [-0.3, -0.25) is 4.99 Å². The van der Waals surface area contributed by atoms with Crippen molar-refractivity contribution < 1.29 is 0 Å². The molecule has 2 atom stereocenters. The Hall–Kier alpha value is -0.750. The van der Waals surface area contributed by atoms with E-state index in [0.29, 0.717) is 6.04 Å². The maximum Gasteiger partial charge on any atom is 0.191 e. The van der Waals surface area contributed by atoms with Gasteiger partial charge < -0.3 is 10.6 Å². The topological polar surface area (TPSA) is 49.3 Å². The predicted octanol–water partition coefficient (Wildman–Crippen LogP) is 3.48. The molecule has 2 rings (SSSR count). The van der Waals surface area contributed by atoms with E-state index in [-0.39, 0.29) is 0 Å². The van der Waals surface area contributed by atoms with Gasteiger partial charge in [0.15, 0.2) is 5.96 Å². The molecular weight excluding hydrogens is 324 g/mol. The number of rotatable bonds is 7. The lowest BCUT2D eigenvalue weighted by Gasteiger charge is -2.30. The van der Waals surface area contributed by atoms with Crippen LogP contribution in [0.4, 0.5) is 0 Å². The number of aliphatic imine (C=N–C) groups is 1. The summed E-state index contributed by atoms with van der Waals surface area (Å²) in [6.45, 7) is 5.32. The van der Waals surface area contributed by atoms with Gasteiger partial charge in [-0.1, -0.05) is 20.3 Å². The molecule has 1 aliphatic carbocycles. The minimum atomic E-state index is 0.561. The molecule has 0 aromatic carbocycles. The lowest BCUT2D eigenvalue weighted by molar-refractivity contribution is 0.419. The number of guanidine groups is 1. The first kappa shape index (κ1) is 18.6. The van der Waals surface area contributed by atoms with Crippen molar-refractivity contribution in [1.29, 1.82) is 0 Å². The van der Waals surface area contributed by atoms with Crippen LogP contribution < -0.4 is 10.6 Å². The zero-order chi connectivity index (χ0) is 16.5. The van der Waals surface area contributed by atoms with Gasteiger partial charge in [0.2, 0.25) is 0 Å². The molecule has 0 saturated heterocycles. The second-order valence-electron chi connectivity index (χ2n) is 5.91. The zero-order valence-corrected chi connectivity index (χ0v) is 16.2. The van der Waals surface area contributed by atoms with Crippen molar-refractivity contribution >= 4 is 29.1 Å². The Labute approximate surface area is 149 Å². The summed E-state index contributed by atoms with van der Waals surface area (Å²) in [6.07, 6.45) is 9.25. The highest BCUT2D eigenvalue weighted by molar-refractivity contribution is 7.99. The van der Waals surface area contributed by atoms with Crippen molar-refractivity contribution in [2.75, 3.05) is 19.3 Å². The Balaban J connectivity index is 1.72. The van der Waals surface area contributed by atoms with Crippen LogP contribution in [-0.2, 0) is 12.8 Å². The van der Waals surface area contributed by atoms with Gasteiger partial charge in [-0.25, -0.2) is 4.98 Å². The van der Waals surface area contributed by atoms with Gasteiger partial charge >= 0.3 is 0 Å². The number of hydrogen-bond donors (Lipinski definition) is 2. The van der Waals surface area contributed by atoms with Gasteiger partial charge in [0.25, 0.3) is 0 Å². The van der Waals surface area contributed by atoms with Gasteiger partial charge in [0.05, 0.1) is 5.01 Å². The van der Waals surface area contributed by atoms with Gasteiger partial charge in [-0.15, -0.1) is 11.3 Å². The van der Waals surface area contributed by atoms with Gasteiger partial charge in [-0.2, -0.15) is 11.8 Å². The highest BCUT2D eigenvalue weighted by Crippen LogP contribution is 2.28. The monoisotopic (exact) mass is 354 g/mol. The molecule has 0 amide bonds. The summed E-state index contributed by atoms with van der Waals surface area (Å²) in [5.74, 6) is 2.15. The van der Waals surface area contributed by atoms with E-state index in [4.69, 9.17) is 0 Å². The average molecular weight is 355 g/mol. The molecule has 1 fully saturated rings. The first-order valence-corrected chi connectivity index (χ1v) is 10.6. The molecule has 1 saturated carbocycles. The second kappa shape index (κ2) is 10.2. The second-order valence-corrected chi connectivity index (χ2v) is 8.69. The third kappa shape index (κ3) is 6.34. The van der Waals surface area contributed by atoms with E-state index in [9.17, 15) is 0 Å². The van der Waals surface area contributed by atoms with Crippen LogP contribution in [0.15, 0.2) is 11.2 Å². The summed E-state index contributed by atoms with van der Waals surface area (Å²) in [7, 11) is 1.86. The number of nitrogens with one attached hydrogen (secondary N) is 2. The fraction of sp³-hybridized carbons (Fsp3) is 0.765. The molecule has 1 heterocycles. The zero-order valence-electron chi connectivity index (χ0n) is 14.6. The quantitative estimate of drug-likeness (QED) is 0.581. The van der Waals surface area contributed by atoms with Crippen molar-refractivity contribution in [3.63, 3.8) is 0 Å². The molecule has 1 aromatic rings. The van der Waals surface area contributed by atoms with Crippen LogP contribution in [0.1, 0.15) is 49.4 Å². The Morgan fingerprint density at radius 1 is 1.43 bits per heavy atom. The number of nitrogens with zero attached hydrogens (tertiary/aromatic N) is 2. The van der Waals surface area contributed by atoms with Crippen LogP contribution in [0.3, 0.4) is 0 Å². The molecule has 0 bridgehead atoms. The van der Waals surface area contributed by atoms with Crippen molar-refractivity contribution in [3.8, 4) is 0 Å². The molecule has 1 aromatic heterocycles. The lowest BCUT2D eigenvalue weighted by atomic mass is 9.95. The van der Waals surface area contributed by atoms with Gasteiger partial charge in [0, 0.05) is 42.4 Å². The van der Waals surface area contributed by atoms with E-state index in [2.05, 4.69) is 46.2 Å². The third-order valence-electron chi connectivity index (χ3n) is 4.17. The summed E-state index contributed by atoms with van der Waals surface area (Å²) >= 11 is 3.92. The van der Waals surface area contributed by atoms with Crippen molar-refractivity contribution in [2.45, 2.75) is 63.7 Å². The average Bonchev–Trinajstić information content (AvgIpc) is 3.02. The molecular formula is C17H30N4S2. The van der Waals surface area contributed by atoms with Crippen LogP contribution in [-0.4, -0.2) is 41.6 Å². The highest BCUT2D eigenvalue weighted by atomic mass is 32.2. The van der Waals surface area contributed by atoms with Crippen LogP contribution in [0.5, 0.6) is 0 Å². The highest BCUT2D eigenvalue weighted by Gasteiger charge is 2.22. The van der Waals surface area contributed by atoms with Crippen LogP contribution in [0.25, 0.3) is 0 Å². The van der Waals surface area contributed by atoms with E-state index < -0.39 is 0 Å². The molecule has 0 spiro atoms. The third-order valence-corrected chi connectivity index (χ3v) is 6.61. The van der Waals surface area contributed by atoms with Crippen molar-refractivity contribution in [2.24, 2.45) is 4.99 Å². The van der Waals surface area contributed by atoms with E-state index in [1.54, 1.807) is 0 Å². The van der Waals surface area contributed by atoms with E-state index in [0.717, 1.165) is 30.6 Å². The number of aromatic nitrogens is 1. The smallest absolute Gasteiger partial charge is 0.191 e. The van der Waals surface area contributed by atoms with Crippen LogP contribution in [0, 0.1) is 0 Å². The number of hydrogen-bond acceptors (Lipinski definition) is 4. The summed E-state index contributed by atoms with van der Waals surface area (Å²) in [5.41, 5.74) is 0. The van der Waals surface area contributed by atoms with Crippen LogP contribution >= 0.6 is 23.1 Å². The van der Waals surface area contributed by atoms with Gasteiger partial charge in [0.1, 0.15) is 0 Å². The maximum atomic E-state index is 4.47. The Kier molecular flexibility index (Phi) is 8.23. The fourth-order valence-corrected chi connectivity index (χ4v) is 5.00. The van der Waals surface area contributed by atoms with E-state index >= 15 is 0 Å². The number of aryl methyl sites for hydroxylation is 1. The first-order chi connectivity index (χ1) is 11.2. The van der Waals surface area contributed by atoms with Crippen molar-refractivity contribution in [1.82, 2.24) is 15.6 Å². The molecule has 6 heteroatoms. The summed E-state index contributed by atoms with van der Waals surface area (Å²) in [5, 5.41) is 9.07. The predicted molar refractivity (Wildman–Crippen MR) is 104 cm³/mol. The van der Waals surface area contributed by atoms with E-state index in [1.807, 2.05) is 24.6 Å².